The number of para-hydroxylation sites is 2. The fourth-order valence-corrected chi connectivity index (χ4v) is 7.01. The van der Waals surface area contributed by atoms with Crippen molar-refractivity contribution in [3.05, 3.63) is 149 Å². The second-order valence-corrected chi connectivity index (χ2v) is 15.5. The highest BCUT2D eigenvalue weighted by Gasteiger charge is 2.31. The number of amides is 4. The Balaban J connectivity index is 1.24. The lowest BCUT2D eigenvalue weighted by Crippen LogP contribution is -2.57. The lowest BCUT2D eigenvalue weighted by molar-refractivity contribution is -0.148. The van der Waals surface area contributed by atoms with Gasteiger partial charge in [0.1, 0.15) is 23.7 Å². The van der Waals surface area contributed by atoms with E-state index in [4.69, 9.17) is 10.5 Å². The number of rotatable bonds is 17. The molecule has 0 radical (unpaired) electrons. The van der Waals surface area contributed by atoms with Crippen LogP contribution in [-0.4, -0.2) is 63.3 Å². The Morgan fingerprint density at radius 2 is 1.17 bits per heavy atom. The maximum atomic E-state index is 14.5. The van der Waals surface area contributed by atoms with E-state index in [9.17, 15) is 24.0 Å². The van der Waals surface area contributed by atoms with Crippen LogP contribution in [0.4, 0.5) is 0 Å². The molecule has 12 heteroatoms. The number of H-pyrrole nitrogens is 2. The number of aromatic nitrogens is 2. The molecule has 59 heavy (non-hydrogen) atoms. The number of fused-ring (bicyclic) bond motifs is 2. The molecule has 0 aliphatic heterocycles. The first-order valence-electron chi connectivity index (χ1n) is 19.7. The predicted molar refractivity (Wildman–Crippen MR) is 229 cm³/mol. The highest BCUT2D eigenvalue weighted by atomic mass is 16.6. The van der Waals surface area contributed by atoms with Crippen molar-refractivity contribution in [3.63, 3.8) is 0 Å². The van der Waals surface area contributed by atoms with Gasteiger partial charge in [-0.2, -0.15) is 0 Å². The van der Waals surface area contributed by atoms with Crippen molar-refractivity contribution in [2.75, 3.05) is 0 Å². The van der Waals surface area contributed by atoms with Gasteiger partial charge in [-0.1, -0.05) is 91.0 Å². The largest absolute Gasteiger partial charge is 0.457 e. The summed E-state index contributed by atoms with van der Waals surface area (Å²) in [5.41, 5.74) is 10.8. The van der Waals surface area contributed by atoms with Gasteiger partial charge in [-0.3, -0.25) is 19.2 Å². The fraction of sp³-hybridized carbons (Fsp3) is 0.255. The highest BCUT2D eigenvalue weighted by molar-refractivity contribution is 5.96. The quantitative estimate of drug-likeness (QED) is 0.0515. The third-order valence-electron chi connectivity index (χ3n) is 9.91. The Hall–Kier alpha value is -6.95. The zero-order chi connectivity index (χ0) is 41.9. The van der Waals surface area contributed by atoms with Gasteiger partial charge in [0.25, 0.3) is 0 Å². The average molecular weight is 795 g/mol. The van der Waals surface area contributed by atoms with E-state index in [-0.39, 0.29) is 31.6 Å². The second kappa shape index (κ2) is 19.0. The molecule has 4 amide bonds. The molecule has 304 valence electrons. The van der Waals surface area contributed by atoms with Gasteiger partial charge in [0.2, 0.25) is 23.6 Å². The van der Waals surface area contributed by atoms with E-state index in [1.807, 2.05) is 109 Å². The molecule has 0 bridgehead atoms. The normalized spacial score (nSPS) is 13.1. The van der Waals surface area contributed by atoms with Crippen LogP contribution in [0, 0.1) is 0 Å². The predicted octanol–water partition coefficient (Wildman–Crippen LogP) is 5.60. The topological polar surface area (TPSA) is 188 Å². The summed E-state index contributed by atoms with van der Waals surface area (Å²) >= 11 is 0. The van der Waals surface area contributed by atoms with Crippen molar-refractivity contribution in [1.82, 2.24) is 25.9 Å². The van der Waals surface area contributed by atoms with Gasteiger partial charge < -0.3 is 36.4 Å². The van der Waals surface area contributed by atoms with Gasteiger partial charge in [-0.15, -0.1) is 0 Å². The molecule has 4 aromatic carbocycles. The van der Waals surface area contributed by atoms with Crippen LogP contribution < -0.4 is 21.7 Å². The summed E-state index contributed by atoms with van der Waals surface area (Å²) < 4.78 is 5.40. The van der Waals surface area contributed by atoms with Crippen molar-refractivity contribution in [3.8, 4) is 0 Å². The molecule has 2 heterocycles. The van der Waals surface area contributed by atoms with E-state index in [1.165, 1.54) is 6.08 Å². The van der Waals surface area contributed by atoms with Crippen molar-refractivity contribution in [2.24, 2.45) is 5.73 Å². The van der Waals surface area contributed by atoms with Crippen LogP contribution in [-0.2, 0) is 54.4 Å². The molecule has 0 saturated heterocycles. The number of carbonyl (C=O) groups excluding carboxylic acids is 5. The minimum Gasteiger partial charge on any atom is -0.457 e. The van der Waals surface area contributed by atoms with Crippen molar-refractivity contribution < 1.29 is 28.7 Å². The fourth-order valence-electron chi connectivity index (χ4n) is 7.01. The molecule has 7 N–H and O–H groups in total. The van der Waals surface area contributed by atoms with Crippen LogP contribution in [0.3, 0.4) is 0 Å². The zero-order valence-corrected chi connectivity index (χ0v) is 33.4. The Bertz CT molecular complexity index is 2460. The highest BCUT2D eigenvalue weighted by Crippen LogP contribution is 2.22. The summed E-state index contributed by atoms with van der Waals surface area (Å²) in [5, 5.41) is 10.4. The minimum atomic E-state index is -1.15. The number of hydrogen-bond donors (Lipinski definition) is 6. The van der Waals surface area contributed by atoms with Gasteiger partial charge in [-0.05, 0) is 73.2 Å². The van der Waals surface area contributed by atoms with E-state index in [1.54, 1.807) is 33.0 Å². The first kappa shape index (κ1) is 41.7. The Labute approximate surface area is 343 Å². The van der Waals surface area contributed by atoms with Crippen molar-refractivity contribution >= 4 is 57.5 Å². The molecule has 0 aliphatic carbocycles. The van der Waals surface area contributed by atoms with E-state index in [0.717, 1.165) is 49.6 Å². The minimum absolute atomic E-state index is 0.0357. The molecule has 0 unspecified atom stereocenters. The number of esters is 1. The summed E-state index contributed by atoms with van der Waals surface area (Å²) in [5.74, 6) is -2.76. The lowest BCUT2D eigenvalue weighted by Gasteiger charge is -2.25. The standard InChI is InChI=1S/C47H50N6O6/c1-47(2,3)59-43(55)24-22-32-16-8-7-15-31(32)21-23-42(54)51-40(26-33-28-49-37-19-11-9-17-35(33)37)45(57)53-41(27-34-29-50-38-20-12-10-18-36(34)38)46(58)52-39(44(48)56)25-30-13-5-4-6-14-30/h4-20,22,24,28-29,39-41,49-50H,21,23,25-27H2,1-3H3,(H2,48,56)(H,51,54)(H,52,58)(H,53,57)/b24-22+/t39-,40-,41-/m0/s1. The number of nitrogens with one attached hydrogen (secondary N) is 5. The van der Waals surface area contributed by atoms with Gasteiger partial charge >= 0.3 is 5.97 Å². The molecule has 0 aliphatic rings. The van der Waals surface area contributed by atoms with Crippen LogP contribution in [0.25, 0.3) is 27.9 Å². The summed E-state index contributed by atoms with van der Waals surface area (Å²) in [4.78, 5) is 73.8. The maximum absolute atomic E-state index is 14.5. The van der Waals surface area contributed by atoms with E-state index >= 15 is 0 Å². The van der Waals surface area contributed by atoms with Crippen LogP contribution in [0.5, 0.6) is 0 Å². The molecule has 2 aromatic heterocycles. The number of aromatic amines is 2. The molecular weight excluding hydrogens is 745 g/mol. The third-order valence-corrected chi connectivity index (χ3v) is 9.91. The summed E-state index contributed by atoms with van der Waals surface area (Å²) in [6.07, 6.45) is 7.35. The van der Waals surface area contributed by atoms with Crippen LogP contribution in [0.1, 0.15) is 55.0 Å². The molecule has 6 rings (SSSR count). The van der Waals surface area contributed by atoms with E-state index in [0.29, 0.717) is 6.42 Å². The number of carbonyl (C=O) groups is 5. The third kappa shape index (κ3) is 11.6. The smallest absolute Gasteiger partial charge is 0.331 e. The zero-order valence-electron chi connectivity index (χ0n) is 33.4. The number of aryl methyl sites for hydroxylation is 1. The molecule has 0 spiro atoms. The maximum Gasteiger partial charge on any atom is 0.331 e. The molecule has 0 saturated carbocycles. The molecule has 12 nitrogen and oxygen atoms in total. The average Bonchev–Trinajstić information content (AvgIpc) is 3.82. The molecular formula is C47H50N6O6. The number of ether oxygens (including phenoxy) is 1. The van der Waals surface area contributed by atoms with Crippen LogP contribution in [0.2, 0.25) is 0 Å². The SMILES string of the molecule is CC(C)(C)OC(=O)/C=C/c1ccccc1CCC(=O)N[C@@H](Cc1c[nH]c2ccccc12)C(=O)N[C@@H](Cc1c[nH]c2ccccc12)C(=O)N[C@@H](Cc1ccccc1)C(N)=O. The number of nitrogens with two attached hydrogens (primary N) is 1. The van der Waals surface area contributed by atoms with Crippen LogP contribution in [0.15, 0.2) is 122 Å². The van der Waals surface area contributed by atoms with E-state index in [2.05, 4.69) is 25.9 Å². The van der Waals surface area contributed by atoms with Gasteiger partial charge in [0.15, 0.2) is 0 Å². The number of primary amides is 1. The molecule has 0 fully saturated rings. The van der Waals surface area contributed by atoms with E-state index < -0.39 is 47.4 Å². The summed E-state index contributed by atoms with van der Waals surface area (Å²) in [7, 11) is 0. The summed E-state index contributed by atoms with van der Waals surface area (Å²) in [6, 6.07) is 28.6. The van der Waals surface area contributed by atoms with Gasteiger partial charge in [0, 0.05) is 66.0 Å². The first-order chi connectivity index (χ1) is 28.3. The Morgan fingerprint density at radius 3 is 1.76 bits per heavy atom. The monoisotopic (exact) mass is 794 g/mol. The number of hydrogen-bond acceptors (Lipinski definition) is 6. The lowest BCUT2D eigenvalue weighted by atomic mass is 10.00. The van der Waals surface area contributed by atoms with Gasteiger partial charge in [0.05, 0.1) is 0 Å². The Morgan fingerprint density at radius 1 is 0.644 bits per heavy atom. The molecule has 6 aromatic rings. The summed E-state index contributed by atoms with van der Waals surface area (Å²) in [6.45, 7) is 5.38. The Kier molecular flexibility index (Phi) is 13.4. The van der Waals surface area contributed by atoms with Gasteiger partial charge in [-0.25, -0.2) is 4.79 Å². The first-order valence-corrected chi connectivity index (χ1v) is 19.7. The van der Waals surface area contributed by atoms with Crippen LogP contribution >= 0.6 is 0 Å². The molecule has 3 atom stereocenters. The van der Waals surface area contributed by atoms with Crippen molar-refractivity contribution in [1.29, 1.82) is 0 Å². The number of benzene rings is 4. The second-order valence-electron chi connectivity index (χ2n) is 15.5. The van der Waals surface area contributed by atoms with Crippen molar-refractivity contribution in [2.45, 2.75) is 76.6 Å².